The van der Waals surface area contributed by atoms with Crippen molar-refractivity contribution in [1.82, 2.24) is 0 Å². The summed E-state index contributed by atoms with van der Waals surface area (Å²) >= 11 is 0. The molecule has 134 valence electrons. The molecule has 5 nitrogen and oxygen atoms in total. The van der Waals surface area contributed by atoms with Crippen LogP contribution in [-0.2, 0) is 6.42 Å². The second-order valence-electron chi connectivity index (χ2n) is 6.90. The van der Waals surface area contributed by atoms with Gasteiger partial charge in [-0.05, 0) is 36.0 Å². The Bertz CT molecular complexity index is 874. The van der Waals surface area contributed by atoms with Crippen molar-refractivity contribution in [2.75, 3.05) is 12.4 Å². The maximum absolute atomic E-state index is 11.6. The number of rotatable bonds is 4. The summed E-state index contributed by atoms with van der Waals surface area (Å²) in [5.74, 6) is 0.943. The molecule has 0 amide bonds. The lowest BCUT2D eigenvalue weighted by molar-refractivity contribution is -0.385. The molecule has 0 bridgehead atoms. The first-order valence-electron chi connectivity index (χ1n) is 9.01. The first-order chi connectivity index (χ1) is 12.6. The first-order valence-corrected chi connectivity index (χ1v) is 9.01. The summed E-state index contributed by atoms with van der Waals surface area (Å²) in [5, 5.41) is 15.2. The number of nitro benzene ring substituents is 1. The molecule has 0 saturated heterocycles. The molecule has 1 heterocycles. The number of fused-ring (bicyclic) bond motifs is 3. The van der Waals surface area contributed by atoms with Crippen LogP contribution in [0.1, 0.15) is 42.0 Å². The van der Waals surface area contributed by atoms with E-state index in [9.17, 15) is 10.1 Å². The highest BCUT2D eigenvalue weighted by Crippen LogP contribution is 2.54. The van der Waals surface area contributed by atoms with Gasteiger partial charge in [-0.3, -0.25) is 10.1 Å². The van der Waals surface area contributed by atoms with Crippen molar-refractivity contribution in [1.29, 1.82) is 0 Å². The molecule has 2 aliphatic rings. The number of nitrogens with one attached hydrogen (secondary N) is 1. The molecule has 0 radical (unpaired) electrons. The van der Waals surface area contributed by atoms with Crippen molar-refractivity contribution in [3.63, 3.8) is 0 Å². The second-order valence-corrected chi connectivity index (χ2v) is 6.90. The summed E-state index contributed by atoms with van der Waals surface area (Å²) in [6, 6.07) is 12.0. The quantitative estimate of drug-likeness (QED) is 0.479. The fourth-order valence-corrected chi connectivity index (χ4v) is 4.28. The third-order valence-electron chi connectivity index (χ3n) is 5.62. The van der Waals surface area contributed by atoms with Crippen molar-refractivity contribution < 1.29 is 9.66 Å². The lowest BCUT2D eigenvalue weighted by atomic mass is 9.76. The first kappa shape index (κ1) is 16.6. The molecule has 0 fully saturated rings. The van der Waals surface area contributed by atoms with Crippen LogP contribution in [0.4, 0.5) is 11.4 Å². The van der Waals surface area contributed by atoms with Crippen LogP contribution < -0.4 is 10.1 Å². The van der Waals surface area contributed by atoms with Gasteiger partial charge in [0.1, 0.15) is 5.75 Å². The van der Waals surface area contributed by atoms with Gasteiger partial charge in [0.15, 0.2) is 0 Å². The van der Waals surface area contributed by atoms with Crippen molar-refractivity contribution in [3.8, 4) is 5.75 Å². The monoisotopic (exact) mass is 350 g/mol. The maximum atomic E-state index is 11.6. The van der Waals surface area contributed by atoms with E-state index < -0.39 is 0 Å². The molecule has 3 atom stereocenters. The molecule has 0 spiro atoms. The Morgan fingerprint density at radius 3 is 2.65 bits per heavy atom. The smallest absolute Gasteiger partial charge is 0.275 e. The van der Waals surface area contributed by atoms with Gasteiger partial charge in [-0.2, -0.15) is 0 Å². The fourth-order valence-electron chi connectivity index (χ4n) is 4.28. The van der Waals surface area contributed by atoms with Crippen LogP contribution >= 0.6 is 0 Å². The number of allylic oxidation sites excluding steroid dienone is 2. The number of methoxy groups -OCH3 is 1. The number of hydrogen-bond donors (Lipinski definition) is 1. The molecule has 1 aliphatic heterocycles. The zero-order valence-electron chi connectivity index (χ0n) is 14.9. The second kappa shape index (κ2) is 6.48. The molecule has 26 heavy (non-hydrogen) atoms. The highest BCUT2D eigenvalue weighted by Gasteiger charge is 2.42. The third kappa shape index (κ3) is 2.55. The molecule has 4 rings (SSSR count). The van der Waals surface area contributed by atoms with Gasteiger partial charge in [0.2, 0.25) is 0 Å². The van der Waals surface area contributed by atoms with E-state index in [1.54, 1.807) is 19.2 Å². The number of benzene rings is 2. The number of aryl methyl sites for hydroxylation is 1. The van der Waals surface area contributed by atoms with Crippen molar-refractivity contribution in [2.24, 2.45) is 5.92 Å². The van der Waals surface area contributed by atoms with E-state index in [0.29, 0.717) is 5.75 Å². The minimum absolute atomic E-state index is 0.0256. The maximum Gasteiger partial charge on any atom is 0.275 e. The fraction of sp³-hybridized carbons (Fsp3) is 0.333. The normalized spacial score (nSPS) is 23.1. The standard InChI is InChI=1S/C21H22N2O3/c1-3-13-7-9-14(10-8-13)20-16-6-4-5-15(16)19-17(23(24)25)11-12-18(26-2)21(19)22-20/h4-5,7-12,15-16,20,22H,3,6H2,1-2H3/t15-,16-,20+/m0/s1. The molecule has 0 unspecified atom stereocenters. The molecule has 0 saturated carbocycles. The van der Waals surface area contributed by atoms with Crippen LogP contribution in [0.2, 0.25) is 0 Å². The van der Waals surface area contributed by atoms with Gasteiger partial charge in [-0.15, -0.1) is 0 Å². The van der Waals surface area contributed by atoms with Crippen LogP contribution in [0.3, 0.4) is 0 Å². The van der Waals surface area contributed by atoms with Crippen LogP contribution in [0, 0.1) is 16.0 Å². The predicted octanol–water partition coefficient (Wildman–Crippen LogP) is 4.99. The summed E-state index contributed by atoms with van der Waals surface area (Å²) < 4.78 is 5.51. The van der Waals surface area contributed by atoms with Crippen LogP contribution in [0.25, 0.3) is 0 Å². The van der Waals surface area contributed by atoms with Gasteiger partial charge < -0.3 is 10.1 Å². The molecule has 2 aromatic rings. The van der Waals surface area contributed by atoms with E-state index >= 15 is 0 Å². The largest absolute Gasteiger partial charge is 0.495 e. The molecule has 1 N–H and O–H groups in total. The van der Waals surface area contributed by atoms with E-state index in [1.807, 2.05) is 0 Å². The van der Waals surface area contributed by atoms with Crippen LogP contribution in [0.5, 0.6) is 5.75 Å². The molecule has 2 aromatic carbocycles. The van der Waals surface area contributed by atoms with Gasteiger partial charge in [-0.1, -0.05) is 43.3 Å². The van der Waals surface area contributed by atoms with E-state index in [1.165, 1.54) is 11.1 Å². The van der Waals surface area contributed by atoms with Gasteiger partial charge in [-0.25, -0.2) is 0 Å². The van der Waals surface area contributed by atoms with E-state index in [2.05, 4.69) is 48.7 Å². The van der Waals surface area contributed by atoms with Gasteiger partial charge in [0.05, 0.1) is 29.3 Å². The van der Waals surface area contributed by atoms with Crippen LogP contribution in [0.15, 0.2) is 48.6 Å². The number of hydrogen-bond acceptors (Lipinski definition) is 4. The topological polar surface area (TPSA) is 64.4 Å². The third-order valence-corrected chi connectivity index (χ3v) is 5.62. The zero-order chi connectivity index (χ0) is 18.3. The molecule has 5 heteroatoms. The number of nitro groups is 1. The van der Waals surface area contributed by atoms with Gasteiger partial charge in [0, 0.05) is 12.0 Å². The van der Waals surface area contributed by atoms with Gasteiger partial charge in [0.25, 0.3) is 5.69 Å². The Labute approximate surface area is 152 Å². The number of ether oxygens (including phenoxy) is 1. The Morgan fingerprint density at radius 2 is 2.00 bits per heavy atom. The van der Waals surface area contributed by atoms with E-state index in [-0.39, 0.29) is 28.5 Å². The molecule has 0 aromatic heterocycles. The van der Waals surface area contributed by atoms with Crippen molar-refractivity contribution in [3.05, 3.63) is 75.4 Å². The van der Waals surface area contributed by atoms with Crippen molar-refractivity contribution >= 4 is 11.4 Å². The lowest BCUT2D eigenvalue weighted by Gasteiger charge is -2.37. The summed E-state index contributed by atoms with van der Waals surface area (Å²) in [6.45, 7) is 2.14. The Balaban J connectivity index is 1.84. The highest BCUT2D eigenvalue weighted by atomic mass is 16.6. The zero-order valence-corrected chi connectivity index (χ0v) is 14.9. The lowest BCUT2D eigenvalue weighted by Crippen LogP contribution is -2.30. The molecular weight excluding hydrogens is 328 g/mol. The summed E-state index contributed by atoms with van der Waals surface area (Å²) in [7, 11) is 1.60. The van der Waals surface area contributed by atoms with E-state index in [4.69, 9.17) is 4.74 Å². The number of anilines is 1. The molecular formula is C21H22N2O3. The van der Waals surface area contributed by atoms with Crippen LogP contribution in [-0.4, -0.2) is 12.0 Å². The number of nitrogens with zero attached hydrogens (tertiary/aromatic N) is 1. The summed E-state index contributed by atoms with van der Waals surface area (Å²) in [6.07, 6.45) is 6.17. The molecule has 1 aliphatic carbocycles. The summed E-state index contributed by atoms with van der Waals surface area (Å²) in [5.41, 5.74) is 4.17. The van der Waals surface area contributed by atoms with Crippen molar-refractivity contribution in [2.45, 2.75) is 31.7 Å². The average Bonchev–Trinajstić information content (AvgIpc) is 3.16. The summed E-state index contributed by atoms with van der Waals surface area (Å²) in [4.78, 5) is 11.3. The van der Waals surface area contributed by atoms with E-state index in [0.717, 1.165) is 24.1 Å². The Kier molecular flexibility index (Phi) is 4.15. The minimum Gasteiger partial charge on any atom is -0.495 e. The Morgan fingerprint density at radius 1 is 1.23 bits per heavy atom. The predicted molar refractivity (Wildman–Crippen MR) is 102 cm³/mol. The SMILES string of the molecule is CCc1ccc([C@H]2Nc3c(OC)ccc([N+](=O)[O-])c3[C@H]3C=CC[C@@H]32)cc1. The Hall–Kier alpha value is -2.82. The highest BCUT2D eigenvalue weighted by molar-refractivity contribution is 5.73. The minimum atomic E-state index is -0.292. The average molecular weight is 350 g/mol. The van der Waals surface area contributed by atoms with Gasteiger partial charge >= 0.3 is 0 Å².